The number of aromatic amines is 1. The van der Waals surface area contributed by atoms with Gasteiger partial charge in [-0.05, 0) is 31.9 Å². The first-order valence-corrected chi connectivity index (χ1v) is 11.0. The summed E-state index contributed by atoms with van der Waals surface area (Å²) < 4.78 is 40.2. The fourth-order valence-electron chi connectivity index (χ4n) is 5.19. The van der Waals surface area contributed by atoms with Gasteiger partial charge in [-0.3, -0.25) is 14.3 Å². The normalized spacial score (nSPS) is 32.2. The second-order valence-electron chi connectivity index (χ2n) is 9.03. The molecule has 1 aromatic carbocycles. The molecule has 5 rings (SSSR count). The molecule has 0 amide bonds. The monoisotopic (exact) mass is 460 g/mol. The van der Waals surface area contributed by atoms with Gasteiger partial charge in [-0.2, -0.15) is 0 Å². The van der Waals surface area contributed by atoms with Crippen LogP contribution in [0.2, 0.25) is 0 Å². The number of esters is 1. The first kappa shape index (κ1) is 22.0. The van der Waals surface area contributed by atoms with Crippen LogP contribution in [-0.2, 0) is 18.9 Å². The van der Waals surface area contributed by atoms with E-state index in [9.17, 15) is 18.8 Å². The van der Waals surface area contributed by atoms with Crippen molar-refractivity contribution >= 4 is 5.97 Å². The number of nitrogens with one attached hydrogen (secondary N) is 1. The first-order chi connectivity index (χ1) is 15.8. The average molecular weight is 460 g/mol. The van der Waals surface area contributed by atoms with Gasteiger partial charge in [-0.1, -0.05) is 18.2 Å². The van der Waals surface area contributed by atoms with Gasteiger partial charge < -0.3 is 18.9 Å². The summed E-state index contributed by atoms with van der Waals surface area (Å²) in [4.78, 5) is 38.9. The van der Waals surface area contributed by atoms with E-state index in [0.717, 1.165) is 17.4 Å². The number of hydrogen-bond acceptors (Lipinski definition) is 7. The highest BCUT2D eigenvalue weighted by atomic mass is 19.1. The fourth-order valence-corrected chi connectivity index (χ4v) is 5.19. The molecule has 176 valence electrons. The van der Waals surface area contributed by atoms with Crippen molar-refractivity contribution in [2.45, 2.75) is 61.9 Å². The third-order valence-electron chi connectivity index (χ3n) is 6.73. The van der Waals surface area contributed by atoms with Crippen molar-refractivity contribution in [3.8, 4) is 0 Å². The average Bonchev–Trinajstić information content (AvgIpc) is 3.45. The molecule has 1 aromatic heterocycles. The lowest BCUT2D eigenvalue weighted by molar-refractivity contribution is -0.253. The van der Waals surface area contributed by atoms with Gasteiger partial charge in [-0.25, -0.2) is 14.0 Å². The molecule has 1 aliphatic carbocycles. The second-order valence-corrected chi connectivity index (χ2v) is 9.03. The molecule has 0 radical (unpaired) electrons. The SMILES string of the molecule is C[C@@]12OC3(CCCC3)O[C@@H]1[C@@](CF)(COC(=O)c1ccccc1)O[C@H]2n1ccc(=O)[nH]c1=O. The number of hydrogen-bond donors (Lipinski definition) is 1. The lowest BCUT2D eigenvalue weighted by Gasteiger charge is -2.33. The number of nitrogens with zero attached hydrogens (tertiary/aromatic N) is 1. The molecule has 1 spiro atoms. The van der Waals surface area contributed by atoms with Crippen molar-refractivity contribution in [3.05, 3.63) is 69.0 Å². The summed E-state index contributed by atoms with van der Waals surface area (Å²) in [6, 6.07) is 9.52. The summed E-state index contributed by atoms with van der Waals surface area (Å²) >= 11 is 0. The highest BCUT2D eigenvalue weighted by Gasteiger charge is 2.72. The van der Waals surface area contributed by atoms with Crippen LogP contribution in [0.5, 0.6) is 0 Å². The Morgan fingerprint density at radius 1 is 1.18 bits per heavy atom. The zero-order valence-electron chi connectivity index (χ0n) is 18.1. The number of H-pyrrole nitrogens is 1. The van der Waals surface area contributed by atoms with Gasteiger partial charge in [0.1, 0.15) is 25.0 Å². The number of carbonyl (C=O) groups excluding carboxylic acids is 1. The van der Waals surface area contributed by atoms with E-state index < -0.39 is 59.8 Å². The Kier molecular flexibility index (Phi) is 5.26. The highest BCUT2D eigenvalue weighted by molar-refractivity contribution is 5.89. The Bertz CT molecular complexity index is 1160. The molecule has 1 saturated carbocycles. The molecule has 2 saturated heterocycles. The summed E-state index contributed by atoms with van der Waals surface area (Å²) in [7, 11) is 0. The molecule has 3 fully saturated rings. The molecule has 2 aromatic rings. The maximum absolute atomic E-state index is 14.7. The fraction of sp³-hybridized carbons (Fsp3) is 0.522. The van der Waals surface area contributed by atoms with Crippen LogP contribution in [0.25, 0.3) is 0 Å². The van der Waals surface area contributed by atoms with Crippen LogP contribution < -0.4 is 11.2 Å². The van der Waals surface area contributed by atoms with E-state index in [1.165, 1.54) is 12.3 Å². The summed E-state index contributed by atoms with van der Waals surface area (Å²) in [5.41, 5.74) is -3.94. The highest BCUT2D eigenvalue weighted by Crippen LogP contribution is 2.58. The summed E-state index contributed by atoms with van der Waals surface area (Å²) in [6.07, 6.45) is 2.23. The van der Waals surface area contributed by atoms with Crippen LogP contribution in [0.1, 0.15) is 49.2 Å². The van der Waals surface area contributed by atoms with Gasteiger partial charge in [-0.15, -0.1) is 0 Å². The second kappa shape index (κ2) is 7.89. The van der Waals surface area contributed by atoms with E-state index in [1.807, 2.05) is 0 Å². The minimum atomic E-state index is -1.70. The summed E-state index contributed by atoms with van der Waals surface area (Å²) in [6.45, 7) is 0.221. The van der Waals surface area contributed by atoms with Gasteiger partial charge in [0, 0.05) is 25.1 Å². The minimum Gasteiger partial charge on any atom is -0.459 e. The lowest BCUT2D eigenvalue weighted by atomic mass is 9.88. The predicted molar refractivity (Wildman–Crippen MR) is 112 cm³/mol. The molecular formula is C23H25FN2O7. The van der Waals surface area contributed by atoms with Gasteiger partial charge in [0.05, 0.1) is 5.56 Å². The molecule has 0 bridgehead atoms. The molecule has 2 aliphatic heterocycles. The topological polar surface area (TPSA) is 109 Å². The predicted octanol–water partition coefficient (Wildman–Crippen LogP) is 2.08. The van der Waals surface area contributed by atoms with Crippen molar-refractivity contribution in [3.63, 3.8) is 0 Å². The Labute approximate surface area is 188 Å². The van der Waals surface area contributed by atoms with Crippen LogP contribution >= 0.6 is 0 Å². The number of rotatable bonds is 5. The van der Waals surface area contributed by atoms with Gasteiger partial charge >= 0.3 is 11.7 Å². The van der Waals surface area contributed by atoms with E-state index in [2.05, 4.69) is 4.98 Å². The smallest absolute Gasteiger partial charge is 0.338 e. The number of halogens is 1. The number of alkyl halides is 1. The molecule has 4 atom stereocenters. The molecule has 33 heavy (non-hydrogen) atoms. The zero-order valence-corrected chi connectivity index (χ0v) is 18.1. The Balaban J connectivity index is 1.51. The third-order valence-corrected chi connectivity index (χ3v) is 6.73. The molecule has 9 nitrogen and oxygen atoms in total. The molecule has 1 N–H and O–H groups in total. The number of carbonyl (C=O) groups is 1. The van der Waals surface area contributed by atoms with Crippen molar-refractivity contribution in [1.29, 1.82) is 0 Å². The van der Waals surface area contributed by atoms with Crippen LogP contribution in [0.15, 0.2) is 52.2 Å². The van der Waals surface area contributed by atoms with Gasteiger partial charge in [0.25, 0.3) is 5.56 Å². The molecule has 3 aliphatic rings. The van der Waals surface area contributed by atoms with Crippen molar-refractivity contribution < 1.29 is 28.1 Å². The number of fused-ring (bicyclic) bond motifs is 1. The number of ether oxygens (including phenoxy) is 4. The molecule has 10 heteroatoms. The Hall–Kier alpha value is -2.82. The number of aromatic nitrogens is 2. The van der Waals surface area contributed by atoms with Gasteiger partial charge in [0.15, 0.2) is 17.6 Å². The van der Waals surface area contributed by atoms with Crippen molar-refractivity contribution in [2.24, 2.45) is 0 Å². The summed E-state index contributed by atoms with van der Waals surface area (Å²) in [5.74, 6) is -1.55. The Morgan fingerprint density at radius 2 is 1.91 bits per heavy atom. The molecule has 3 heterocycles. The quantitative estimate of drug-likeness (QED) is 0.681. The van der Waals surface area contributed by atoms with E-state index in [1.54, 1.807) is 37.3 Å². The van der Waals surface area contributed by atoms with E-state index >= 15 is 0 Å². The lowest BCUT2D eigenvalue weighted by Crippen LogP contribution is -2.52. The first-order valence-electron chi connectivity index (χ1n) is 11.0. The largest absolute Gasteiger partial charge is 0.459 e. The zero-order chi connectivity index (χ0) is 23.3. The van der Waals surface area contributed by atoms with Crippen LogP contribution in [0, 0.1) is 0 Å². The van der Waals surface area contributed by atoms with Crippen molar-refractivity contribution in [1.82, 2.24) is 9.55 Å². The summed E-state index contributed by atoms with van der Waals surface area (Å²) in [5, 5.41) is 0. The minimum absolute atomic E-state index is 0.316. The van der Waals surface area contributed by atoms with E-state index in [0.29, 0.717) is 18.4 Å². The molecular weight excluding hydrogens is 435 g/mol. The third kappa shape index (κ3) is 3.53. The van der Waals surface area contributed by atoms with E-state index in [-0.39, 0.29) is 0 Å². The van der Waals surface area contributed by atoms with Crippen LogP contribution in [-0.4, -0.2) is 51.9 Å². The maximum Gasteiger partial charge on any atom is 0.338 e. The number of benzene rings is 1. The standard InChI is InChI=1S/C23H25FN2O7/c1-21-18(31-23(33-21)10-5-6-11-23)22(13-24,14-30-17(28)15-7-3-2-4-8-15)32-19(21)26-12-9-16(27)25-20(26)29/h2-4,7-9,12,18-19H,5-6,10-11,13-14H2,1H3,(H,25,27,29)/t18-,19+,21+,22+/m0/s1. The van der Waals surface area contributed by atoms with Crippen LogP contribution in [0.3, 0.4) is 0 Å². The van der Waals surface area contributed by atoms with Gasteiger partial charge in [0.2, 0.25) is 0 Å². The van der Waals surface area contributed by atoms with E-state index in [4.69, 9.17) is 18.9 Å². The van der Waals surface area contributed by atoms with Crippen molar-refractivity contribution in [2.75, 3.05) is 13.3 Å². The van der Waals surface area contributed by atoms with Crippen LogP contribution in [0.4, 0.5) is 4.39 Å². The Morgan fingerprint density at radius 3 is 2.58 bits per heavy atom. The molecule has 0 unspecified atom stereocenters. The maximum atomic E-state index is 14.7.